The van der Waals surface area contributed by atoms with Gasteiger partial charge in [0, 0.05) is 34.4 Å². The molecule has 0 fully saturated rings. The van der Waals surface area contributed by atoms with Crippen LogP contribution in [0.4, 0.5) is 5.69 Å². The number of nitrogens with one attached hydrogen (secondary N) is 1. The van der Waals surface area contributed by atoms with Crippen LogP contribution in [0.3, 0.4) is 0 Å². The summed E-state index contributed by atoms with van der Waals surface area (Å²) in [7, 11) is -3.91. The zero-order valence-corrected chi connectivity index (χ0v) is 26.0. The van der Waals surface area contributed by atoms with Gasteiger partial charge in [-0.1, -0.05) is 96.0 Å². The number of halogens is 2. The lowest BCUT2D eigenvalue weighted by Gasteiger charge is -2.34. The zero-order chi connectivity index (χ0) is 30.4. The summed E-state index contributed by atoms with van der Waals surface area (Å²) in [6.45, 7) is 3.13. The summed E-state index contributed by atoms with van der Waals surface area (Å²) >= 11 is 12.6. The molecule has 42 heavy (non-hydrogen) atoms. The molecule has 2 amide bonds. The molecule has 10 heteroatoms. The second-order valence-electron chi connectivity index (χ2n) is 10.4. The maximum Gasteiger partial charge on any atom is 0.244 e. The third kappa shape index (κ3) is 7.82. The molecular formula is C32H33Cl2N3O4S. The van der Waals surface area contributed by atoms with Crippen molar-refractivity contribution in [3.63, 3.8) is 0 Å². The highest BCUT2D eigenvalue weighted by Crippen LogP contribution is 2.29. The van der Waals surface area contributed by atoms with E-state index in [9.17, 15) is 18.0 Å². The molecule has 4 rings (SSSR count). The Bertz CT molecular complexity index is 1670. The van der Waals surface area contributed by atoms with Gasteiger partial charge in [0.15, 0.2) is 0 Å². The van der Waals surface area contributed by atoms with Crippen LogP contribution in [-0.2, 0) is 32.6 Å². The first-order valence-electron chi connectivity index (χ1n) is 13.5. The number of nitrogens with zero attached hydrogens (tertiary/aromatic N) is 2. The van der Waals surface area contributed by atoms with E-state index < -0.39 is 28.5 Å². The quantitative estimate of drug-likeness (QED) is 0.219. The second kappa shape index (κ2) is 13.6. The van der Waals surface area contributed by atoms with E-state index in [4.69, 9.17) is 23.2 Å². The van der Waals surface area contributed by atoms with E-state index in [-0.39, 0.29) is 24.9 Å². The number of sulfonamides is 1. The molecule has 0 spiro atoms. The molecule has 0 aliphatic carbocycles. The summed E-state index contributed by atoms with van der Waals surface area (Å²) in [5, 5.41) is 5.21. The monoisotopic (exact) mass is 625 g/mol. The molecular weight excluding hydrogens is 593 g/mol. The molecule has 4 aromatic carbocycles. The highest BCUT2D eigenvalue weighted by atomic mass is 35.5. The number of rotatable bonds is 11. The van der Waals surface area contributed by atoms with Crippen LogP contribution in [0.15, 0.2) is 91.0 Å². The van der Waals surface area contributed by atoms with Crippen molar-refractivity contribution in [2.45, 2.75) is 38.9 Å². The molecule has 0 aliphatic rings. The van der Waals surface area contributed by atoms with Gasteiger partial charge in [-0.05, 0) is 48.6 Å². The minimum absolute atomic E-state index is 0.0367. The molecule has 0 unspecified atom stereocenters. The summed E-state index contributed by atoms with van der Waals surface area (Å²) in [4.78, 5) is 29.4. The largest absolute Gasteiger partial charge is 0.352 e. The minimum Gasteiger partial charge on any atom is -0.352 e. The Morgan fingerprint density at radius 2 is 1.55 bits per heavy atom. The van der Waals surface area contributed by atoms with Crippen LogP contribution in [-0.4, -0.2) is 50.0 Å². The molecule has 0 heterocycles. The normalized spacial score (nSPS) is 12.2. The number of hydrogen-bond acceptors (Lipinski definition) is 4. The summed E-state index contributed by atoms with van der Waals surface area (Å²) in [5.74, 6) is -0.914. The van der Waals surface area contributed by atoms with Crippen molar-refractivity contribution in [1.29, 1.82) is 0 Å². The van der Waals surface area contributed by atoms with Crippen molar-refractivity contribution in [3.05, 3.63) is 112 Å². The molecule has 0 radical (unpaired) electrons. The molecule has 0 bridgehead atoms. The SMILES string of the molecule is CC(C)NC(=O)[C@H](Cc1ccccc1)N(Cc1ccc(Cl)cc1Cl)C(=O)CN(c1cccc2ccccc12)S(C)(=O)=O. The first-order valence-corrected chi connectivity index (χ1v) is 16.1. The van der Waals surface area contributed by atoms with Gasteiger partial charge >= 0.3 is 0 Å². The van der Waals surface area contributed by atoms with Crippen LogP contribution in [0.1, 0.15) is 25.0 Å². The summed E-state index contributed by atoms with van der Waals surface area (Å²) < 4.78 is 27.4. The molecule has 7 nitrogen and oxygen atoms in total. The molecule has 0 aliphatic heterocycles. The van der Waals surface area contributed by atoms with E-state index in [0.717, 1.165) is 21.5 Å². The smallest absolute Gasteiger partial charge is 0.244 e. The van der Waals surface area contributed by atoms with Gasteiger partial charge in [-0.25, -0.2) is 8.42 Å². The lowest BCUT2D eigenvalue weighted by Crippen LogP contribution is -2.54. The van der Waals surface area contributed by atoms with Crippen molar-refractivity contribution in [2.75, 3.05) is 17.1 Å². The van der Waals surface area contributed by atoms with Gasteiger partial charge in [0.2, 0.25) is 21.8 Å². The number of carbonyl (C=O) groups is 2. The predicted molar refractivity (Wildman–Crippen MR) is 170 cm³/mol. The Morgan fingerprint density at radius 3 is 2.21 bits per heavy atom. The van der Waals surface area contributed by atoms with Gasteiger partial charge < -0.3 is 10.2 Å². The second-order valence-corrected chi connectivity index (χ2v) is 13.1. The Labute approximate surface area is 257 Å². The van der Waals surface area contributed by atoms with E-state index in [1.54, 1.807) is 30.3 Å². The van der Waals surface area contributed by atoms with Gasteiger partial charge in [0.1, 0.15) is 12.6 Å². The van der Waals surface area contributed by atoms with E-state index in [2.05, 4.69) is 5.32 Å². The third-order valence-corrected chi connectivity index (χ3v) is 8.49. The van der Waals surface area contributed by atoms with E-state index in [1.807, 2.05) is 74.5 Å². The number of anilines is 1. The lowest BCUT2D eigenvalue weighted by molar-refractivity contribution is -0.140. The van der Waals surface area contributed by atoms with E-state index in [0.29, 0.717) is 26.7 Å². The molecule has 0 saturated carbocycles. The number of amides is 2. The fourth-order valence-corrected chi connectivity index (χ4v) is 6.12. The molecule has 1 atom stereocenters. The Kier molecular flexibility index (Phi) is 10.1. The highest BCUT2D eigenvalue weighted by Gasteiger charge is 2.34. The van der Waals surface area contributed by atoms with Gasteiger partial charge in [-0.15, -0.1) is 0 Å². The number of fused-ring (bicyclic) bond motifs is 1. The van der Waals surface area contributed by atoms with Crippen LogP contribution in [0.25, 0.3) is 10.8 Å². The van der Waals surface area contributed by atoms with Gasteiger partial charge in [-0.2, -0.15) is 0 Å². The van der Waals surface area contributed by atoms with Crippen molar-refractivity contribution in [3.8, 4) is 0 Å². The van der Waals surface area contributed by atoms with Crippen molar-refractivity contribution in [2.24, 2.45) is 0 Å². The summed E-state index contributed by atoms with van der Waals surface area (Å²) in [6.07, 6.45) is 1.28. The maximum absolute atomic E-state index is 14.3. The predicted octanol–water partition coefficient (Wildman–Crippen LogP) is 6.08. The number of hydrogen-bond donors (Lipinski definition) is 1. The summed E-state index contributed by atoms with van der Waals surface area (Å²) in [6, 6.07) is 25.8. The third-order valence-electron chi connectivity index (χ3n) is 6.77. The first-order chi connectivity index (χ1) is 19.9. The fraction of sp³-hybridized carbons (Fsp3) is 0.250. The Balaban J connectivity index is 1.80. The van der Waals surface area contributed by atoms with E-state index in [1.165, 1.54) is 4.90 Å². The van der Waals surface area contributed by atoms with Gasteiger partial charge in [0.05, 0.1) is 11.9 Å². The molecule has 0 aromatic heterocycles. The van der Waals surface area contributed by atoms with Crippen LogP contribution >= 0.6 is 23.2 Å². The summed E-state index contributed by atoms with van der Waals surface area (Å²) in [5.41, 5.74) is 1.79. The maximum atomic E-state index is 14.3. The van der Waals surface area contributed by atoms with Crippen LogP contribution < -0.4 is 9.62 Å². The average molecular weight is 627 g/mol. The highest BCUT2D eigenvalue weighted by molar-refractivity contribution is 7.92. The topological polar surface area (TPSA) is 86.8 Å². The number of carbonyl (C=O) groups excluding carboxylic acids is 2. The standard InChI is InChI=1S/C32H33Cl2N3O4S/c1-22(2)35-32(39)30(18-23-10-5-4-6-11-23)36(20-25-16-17-26(33)19-28(25)34)31(38)21-37(42(3,40)41)29-15-9-13-24-12-7-8-14-27(24)29/h4-17,19,22,30H,18,20-21H2,1-3H3,(H,35,39)/t30-/m0/s1. The Hall–Kier alpha value is -3.59. The van der Waals surface area contributed by atoms with Crippen molar-refractivity contribution in [1.82, 2.24) is 10.2 Å². The van der Waals surface area contributed by atoms with Gasteiger partial charge in [-0.3, -0.25) is 13.9 Å². The zero-order valence-electron chi connectivity index (χ0n) is 23.6. The minimum atomic E-state index is -3.91. The van der Waals surface area contributed by atoms with Gasteiger partial charge in [0.25, 0.3) is 0 Å². The molecule has 0 saturated heterocycles. The fourth-order valence-electron chi connectivity index (χ4n) is 4.79. The van der Waals surface area contributed by atoms with Crippen molar-refractivity contribution >= 4 is 61.5 Å². The van der Waals surface area contributed by atoms with Crippen molar-refractivity contribution < 1.29 is 18.0 Å². The lowest BCUT2D eigenvalue weighted by atomic mass is 10.0. The van der Waals surface area contributed by atoms with Crippen LogP contribution in [0.2, 0.25) is 10.0 Å². The van der Waals surface area contributed by atoms with E-state index >= 15 is 0 Å². The molecule has 4 aromatic rings. The number of benzene rings is 4. The molecule has 220 valence electrons. The molecule has 1 N–H and O–H groups in total. The van der Waals surface area contributed by atoms with Crippen LogP contribution in [0, 0.1) is 0 Å². The Morgan fingerprint density at radius 1 is 0.881 bits per heavy atom. The van der Waals surface area contributed by atoms with Crippen LogP contribution in [0.5, 0.6) is 0 Å². The first kappa shape index (κ1) is 31.3. The average Bonchev–Trinajstić information content (AvgIpc) is 2.94.